The zero-order valence-corrected chi connectivity index (χ0v) is 10.3. The highest BCUT2D eigenvalue weighted by atomic mass is 16.5. The van der Waals surface area contributed by atoms with E-state index < -0.39 is 0 Å². The fraction of sp³-hybridized carbons (Fsp3) is 0.308. The van der Waals surface area contributed by atoms with Crippen molar-refractivity contribution in [1.29, 1.82) is 0 Å². The first-order valence-electron chi connectivity index (χ1n) is 6.22. The molecule has 98 valence electrons. The minimum atomic E-state index is -0.356. The van der Waals surface area contributed by atoms with E-state index in [2.05, 4.69) is 15.4 Å². The van der Waals surface area contributed by atoms with Crippen LogP contribution in [0.2, 0.25) is 0 Å². The van der Waals surface area contributed by atoms with Crippen LogP contribution in [0.3, 0.4) is 0 Å². The summed E-state index contributed by atoms with van der Waals surface area (Å²) < 4.78 is 6.98. The maximum Gasteiger partial charge on any atom is 0.253 e. The van der Waals surface area contributed by atoms with Gasteiger partial charge in [0.1, 0.15) is 6.10 Å². The smallest absolute Gasteiger partial charge is 0.253 e. The molecular weight excluding hydrogens is 244 g/mol. The summed E-state index contributed by atoms with van der Waals surface area (Å²) in [4.78, 5) is 16.3. The summed E-state index contributed by atoms with van der Waals surface area (Å²) >= 11 is 0. The van der Waals surface area contributed by atoms with Gasteiger partial charge in [0.15, 0.2) is 5.82 Å². The van der Waals surface area contributed by atoms with E-state index >= 15 is 0 Å². The highest BCUT2D eigenvalue weighted by Crippen LogP contribution is 2.19. The van der Waals surface area contributed by atoms with Crippen molar-refractivity contribution in [1.82, 2.24) is 14.8 Å². The molecule has 2 aromatic rings. The van der Waals surface area contributed by atoms with E-state index in [9.17, 15) is 4.79 Å². The van der Waals surface area contributed by atoms with E-state index in [1.807, 2.05) is 0 Å². The van der Waals surface area contributed by atoms with Crippen LogP contribution in [0.5, 0.6) is 0 Å². The number of pyridine rings is 1. The van der Waals surface area contributed by atoms with Gasteiger partial charge in [-0.15, -0.1) is 0 Å². The van der Waals surface area contributed by atoms with Gasteiger partial charge in [-0.05, 0) is 31.0 Å². The number of hydrogen-bond acceptors (Lipinski definition) is 4. The van der Waals surface area contributed by atoms with Gasteiger partial charge in [0, 0.05) is 25.2 Å². The zero-order chi connectivity index (χ0) is 13.1. The number of nitrogens with zero attached hydrogens (tertiary/aromatic N) is 3. The summed E-state index contributed by atoms with van der Waals surface area (Å²) in [6.45, 7) is 0.650. The molecule has 1 saturated heterocycles. The Bertz CT molecular complexity index is 562. The Morgan fingerprint density at radius 1 is 1.42 bits per heavy atom. The van der Waals surface area contributed by atoms with Crippen molar-refractivity contribution in [2.24, 2.45) is 0 Å². The quantitative estimate of drug-likeness (QED) is 0.903. The van der Waals surface area contributed by atoms with Gasteiger partial charge in [-0.3, -0.25) is 4.79 Å². The van der Waals surface area contributed by atoms with Crippen molar-refractivity contribution in [3.05, 3.63) is 36.8 Å². The van der Waals surface area contributed by atoms with Crippen LogP contribution < -0.4 is 5.32 Å². The largest absolute Gasteiger partial charge is 0.368 e. The molecule has 1 fully saturated rings. The van der Waals surface area contributed by atoms with Gasteiger partial charge in [0.25, 0.3) is 5.91 Å². The SMILES string of the molecule is O=C(Nc1cccnc1-n1cccn1)[C@@H]1CCCO1. The number of carbonyl (C=O) groups excluding carboxylic acids is 1. The lowest BCUT2D eigenvalue weighted by Crippen LogP contribution is -2.27. The molecule has 3 rings (SSSR count). The summed E-state index contributed by atoms with van der Waals surface area (Å²) in [5, 5.41) is 6.98. The number of ether oxygens (including phenoxy) is 1. The second-order valence-corrected chi connectivity index (χ2v) is 4.32. The predicted octanol–water partition coefficient (Wildman–Crippen LogP) is 1.38. The van der Waals surface area contributed by atoms with Crippen molar-refractivity contribution in [2.75, 3.05) is 11.9 Å². The van der Waals surface area contributed by atoms with Crippen LogP contribution in [0, 0.1) is 0 Å². The Kier molecular flexibility index (Phi) is 3.24. The van der Waals surface area contributed by atoms with Gasteiger partial charge >= 0.3 is 0 Å². The summed E-state index contributed by atoms with van der Waals surface area (Å²) in [6.07, 6.45) is 6.45. The Morgan fingerprint density at radius 3 is 3.11 bits per heavy atom. The number of nitrogens with one attached hydrogen (secondary N) is 1. The maximum absolute atomic E-state index is 12.0. The van der Waals surface area contributed by atoms with E-state index in [0.717, 1.165) is 12.8 Å². The molecule has 2 aromatic heterocycles. The second kappa shape index (κ2) is 5.19. The molecule has 1 atom stereocenters. The Hall–Kier alpha value is -2.21. The zero-order valence-electron chi connectivity index (χ0n) is 10.3. The third-order valence-corrected chi connectivity index (χ3v) is 2.99. The lowest BCUT2D eigenvalue weighted by molar-refractivity contribution is -0.124. The maximum atomic E-state index is 12.0. The molecule has 19 heavy (non-hydrogen) atoms. The Morgan fingerprint density at radius 2 is 2.37 bits per heavy atom. The number of amides is 1. The van der Waals surface area contributed by atoms with E-state index in [1.54, 1.807) is 41.5 Å². The third-order valence-electron chi connectivity index (χ3n) is 2.99. The van der Waals surface area contributed by atoms with Crippen molar-refractivity contribution >= 4 is 11.6 Å². The van der Waals surface area contributed by atoms with Crippen LogP contribution in [0.1, 0.15) is 12.8 Å². The lowest BCUT2D eigenvalue weighted by atomic mass is 10.2. The van der Waals surface area contributed by atoms with E-state index in [-0.39, 0.29) is 12.0 Å². The molecule has 1 amide bonds. The van der Waals surface area contributed by atoms with E-state index in [4.69, 9.17) is 4.74 Å². The third kappa shape index (κ3) is 2.48. The first-order valence-corrected chi connectivity index (χ1v) is 6.22. The first kappa shape index (κ1) is 11.9. The molecule has 0 unspecified atom stereocenters. The van der Waals surface area contributed by atoms with Crippen LogP contribution in [0.4, 0.5) is 5.69 Å². The summed E-state index contributed by atoms with van der Waals surface area (Å²) in [7, 11) is 0. The average molecular weight is 258 g/mol. The minimum Gasteiger partial charge on any atom is -0.368 e. The molecule has 6 heteroatoms. The summed E-state index contributed by atoms with van der Waals surface area (Å²) in [5.74, 6) is 0.470. The molecule has 0 saturated carbocycles. The number of carbonyl (C=O) groups is 1. The van der Waals surface area contributed by atoms with Crippen LogP contribution >= 0.6 is 0 Å². The average Bonchev–Trinajstić information content (AvgIpc) is 3.13. The highest BCUT2D eigenvalue weighted by Gasteiger charge is 2.24. The van der Waals surface area contributed by atoms with Gasteiger partial charge in [0.05, 0.1) is 5.69 Å². The van der Waals surface area contributed by atoms with Gasteiger partial charge in [-0.1, -0.05) is 0 Å². The minimum absolute atomic E-state index is 0.126. The molecule has 1 aliphatic heterocycles. The molecule has 1 aliphatic rings. The van der Waals surface area contributed by atoms with Gasteiger partial charge < -0.3 is 10.1 Å². The normalized spacial score (nSPS) is 18.4. The number of hydrogen-bond donors (Lipinski definition) is 1. The van der Waals surface area contributed by atoms with Crippen LogP contribution in [-0.4, -0.2) is 33.4 Å². The number of aromatic nitrogens is 3. The number of rotatable bonds is 3. The Labute approximate surface area is 110 Å². The molecule has 0 bridgehead atoms. The molecule has 1 N–H and O–H groups in total. The lowest BCUT2D eigenvalue weighted by Gasteiger charge is -2.12. The Balaban J connectivity index is 1.83. The van der Waals surface area contributed by atoms with Crippen molar-refractivity contribution < 1.29 is 9.53 Å². The van der Waals surface area contributed by atoms with Gasteiger partial charge in [-0.2, -0.15) is 5.10 Å². The van der Waals surface area contributed by atoms with Crippen LogP contribution in [-0.2, 0) is 9.53 Å². The monoisotopic (exact) mass is 258 g/mol. The van der Waals surface area contributed by atoms with Crippen LogP contribution in [0.15, 0.2) is 36.8 Å². The standard InChI is InChI=1S/C13H14N4O2/c18-13(11-5-2-9-19-11)16-10-4-1-6-14-12(10)17-8-3-7-15-17/h1,3-4,6-8,11H,2,5,9H2,(H,16,18)/t11-/m0/s1. The van der Waals surface area contributed by atoms with Crippen molar-refractivity contribution in [2.45, 2.75) is 18.9 Å². The molecule has 6 nitrogen and oxygen atoms in total. The number of anilines is 1. The topological polar surface area (TPSA) is 69.0 Å². The second-order valence-electron chi connectivity index (χ2n) is 4.32. The summed E-state index contributed by atoms with van der Waals surface area (Å²) in [5.41, 5.74) is 0.631. The molecule has 0 radical (unpaired) electrons. The van der Waals surface area contributed by atoms with Gasteiger partial charge in [-0.25, -0.2) is 9.67 Å². The predicted molar refractivity (Wildman–Crippen MR) is 69.0 cm³/mol. The van der Waals surface area contributed by atoms with Gasteiger partial charge in [0.2, 0.25) is 0 Å². The first-order chi connectivity index (χ1) is 9.34. The molecule has 3 heterocycles. The van der Waals surface area contributed by atoms with Crippen molar-refractivity contribution in [3.8, 4) is 5.82 Å². The highest BCUT2D eigenvalue weighted by molar-refractivity contribution is 5.95. The molecular formula is C13H14N4O2. The van der Waals surface area contributed by atoms with E-state index in [1.165, 1.54) is 0 Å². The fourth-order valence-electron chi connectivity index (χ4n) is 2.07. The fourth-order valence-corrected chi connectivity index (χ4v) is 2.07. The molecule has 0 spiro atoms. The van der Waals surface area contributed by atoms with Crippen LogP contribution in [0.25, 0.3) is 5.82 Å². The molecule has 0 aliphatic carbocycles. The molecule has 0 aromatic carbocycles. The summed E-state index contributed by atoms with van der Waals surface area (Å²) in [6, 6.07) is 5.38. The van der Waals surface area contributed by atoms with E-state index in [0.29, 0.717) is 18.1 Å². The van der Waals surface area contributed by atoms with Crippen molar-refractivity contribution in [3.63, 3.8) is 0 Å².